The monoisotopic (exact) mass is 379 g/mol. The Kier molecular flexibility index (Phi) is 3.94. The lowest BCUT2D eigenvalue weighted by Gasteiger charge is -2.26. The van der Waals surface area contributed by atoms with Gasteiger partial charge in [0.15, 0.2) is 0 Å². The van der Waals surface area contributed by atoms with E-state index in [9.17, 15) is 0 Å². The van der Waals surface area contributed by atoms with Gasteiger partial charge in [-0.3, -0.25) is 0 Å². The molecule has 1 atom stereocenters. The summed E-state index contributed by atoms with van der Waals surface area (Å²) in [6.07, 6.45) is 3.46. The highest BCUT2D eigenvalue weighted by Gasteiger charge is 2.18. The van der Waals surface area contributed by atoms with Crippen LogP contribution in [0.1, 0.15) is 17.5 Å². The minimum Gasteiger partial charge on any atom is -0.382 e. The minimum absolute atomic E-state index is 0.537. The molecular formula is C16H15Br2N. The van der Waals surface area contributed by atoms with Crippen LogP contribution in [0.3, 0.4) is 0 Å². The molecular weight excluding hydrogens is 366 g/mol. The third-order valence-corrected chi connectivity index (χ3v) is 4.63. The summed E-state index contributed by atoms with van der Waals surface area (Å²) in [4.78, 5) is 0. The molecule has 0 radical (unpaired) electrons. The van der Waals surface area contributed by atoms with Crippen LogP contribution in [-0.2, 0) is 12.8 Å². The van der Waals surface area contributed by atoms with Crippen molar-refractivity contribution in [1.29, 1.82) is 0 Å². The first-order valence-electron chi connectivity index (χ1n) is 6.50. The zero-order valence-electron chi connectivity index (χ0n) is 10.5. The van der Waals surface area contributed by atoms with Crippen molar-refractivity contribution in [2.45, 2.75) is 25.3 Å². The Morgan fingerprint density at radius 3 is 2.42 bits per heavy atom. The first kappa shape index (κ1) is 13.2. The molecule has 3 rings (SSSR count). The number of benzene rings is 2. The van der Waals surface area contributed by atoms with Crippen molar-refractivity contribution in [1.82, 2.24) is 0 Å². The fraction of sp³-hybridized carbons (Fsp3) is 0.250. The molecule has 1 unspecified atom stereocenters. The molecule has 2 aromatic rings. The molecule has 19 heavy (non-hydrogen) atoms. The molecule has 1 aliphatic rings. The molecule has 3 heteroatoms. The van der Waals surface area contributed by atoms with Crippen LogP contribution in [0.25, 0.3) is 0 Å². The Labute approximate surface area is 130 Å². The highest BCUT2D eigenvalue weighted by molar-refractivity contribution is 9.10. The summed E-state index contributed by atoms with van der Waals surface area (Å²) in [7, 11) is 0. The molecule has 0 aromatic heterocycles. The van der Waals surface area contributed by atoms with Gasteiger partial charge in [-0.2, -0.15) is 0 Å². The van der Waals surface area contributed by atoms with Crippen LogP contribution in [-0.4, -0.2) is 6.04 Å². The molecule has 0 spiro atoms. The van der Waals surface area contributed by atoms with Crippen LogP contribution in [0, 0.1) is 0 Å². The van der Waals surface area contributed by atoms with Gasteiger partial charge in [0.2, 0.25) is 0 Å². The lowest BCUT2D eigenvalue weighted by Crippen LogP contribution is -2.27. The Balaban J connectivity index is 1.72. The smallest absolute Gasteiger partial charge is 0.0343 e. The second-order valence-corrected chi connectivity index (χ2v) is 6.84. The molecule has 0 bridgehead atoms. The lowest BCUT2D eigenvalue weighted by atomic mass is 9.88. The summed E-state index contributed by atoms with van der Waals surface area (Å²) < 4.78 is 2.31. The van der Waals surface area contributed by atoms with Gasteiger partial charge in [-0.15, -0.1) is 0 Å². The van der Waals surface area contributed by atoms with Gasteiger partial charge >= 0.3 is 0 Å². The second-order valence-electron chi connectivity index (χ2n) is 5.00. The van der Waals surface area contributed by atoms with Crippen LogP contribution < -0.4 is 5.32 Å². The highest BCUT2D eigenvalue weighted by atomic mass is 79.9. The molecule has 1 nitrogen and oxygen atoms in total. The van der Waals surface area contributed by atoms with Gasteiger partial charge in [-0.1, -0.05) is 37.9 Å². The van der Waals surface area contributed by atoms with Crippen molar-refractivity contribution in [3.8, 4) is 0 Å². The number of aryl methyl sites for hydroxylation is 1. The molecule has 2 aromatic carbocycles. The third kappa shape index (κ3) is 3.21. The van der Waals surface area contributed by atoms with E-state index in [2.05, 4.69) is 79.6 Å². The molecule has 0 amide bonds. The summed E-state index contributed by atoms with van der Waals surface area (Å²) in [6.45, 7) is 0. The van der Waals surface area contributed by atoms with E-state index >= 15 is 0 Å². The van der Waals surface area contributed by atoms with E-state index in [1.807, 2.05) is 0 Å². The Bertz CT molecular complexity index is 578. The van der Waals surface area contributed by atoms with Crippen LogP contribution in [0.15, 0.2) is 51.4 Å². The average molecular weight is 381 g/mol. The summed E-state index contributed by atoms with van der Waals surface area (Å²) in [5, 5.41) is 3.63. The van der Waals surface area contributed by atoms with E-state index in [1.165, 1.54) is 27.7 Å². The topological polar surface area (TPSA) is 12.0 Å². The van der Waals surface area contributed by atoms with Gasteiger partial charge in [0.1, 0.15) is 0 Å². The number of anilines is 1. The fourth-order valence-electron chi connectivity index (χ4n) is 2.63. The Morgan fingerprint density at radius 1 is 0.895 bits per heavy atom. The lowest BCUT2D eigenvalue weighted by molar-refractivity contribution is 0.610. The van der Waals surface area contributed by atoms with Crippen LogP contribution in [0.5, 0.6) is 0 Å². The molecule has 0 saturated carbocycles. The molecule has 0 saturated heterocycles. The number of hydrogen-bond donors (Lipinski definition) is 1. The van der Waals surface area contributed by atoms with Gasteiger partial charge in [0, 0.05) is 20.7 Å². The van der Waals surface area contributed by atoms with Crippen molar-refractivity contribution < 1.29 is 0 Å². The van der Waals surface area contributed by atoms with E-state index in [4.69, 9.17) is 0 Å². The Hall–Kier alpha value is -0.800. The maximum atomic E-state index is 3.63. The number of halogens is 2. The molecule has 0 aliphatic heterocycles. The van der Waals surface area contributed by atoms with Crippen molar-refractivity contribution >= 4 is 37.5 Å². The van der Waals surface area contributed by atoms with Crippen LogP contribution in [0.2, 0.25) is 0 Å². The summed E-state index contributed by atoms with van der Waals surface area (Å²) >= 11 is 7.01. The molecule has 0 heterocycles. The average Bonchev–Trinajstić information content (AvgIpc) is 2.42. The van der Waals surface area contributed by atoms with E-state index in [1.54, 1.807) is 0 Å². The van der Waals surface area contributed by atoms with Gasteiger partial charge < -0.3 is 5.32 Å². The second kappa shape index (κ2) is 5.68. The number of fused-ring (bicyclic) bond motifs is 1. The normalized spacial score (nSPS) is 17.9. The van der Waals surface area contributed by atoms with Crippen molar-refractivity contribution in [2.75, 3.05) is 5.32 Å². The van der Waals surface area contributed by atoms with Crippen molar-refractivity contribution in [2.24, 2.45) is 0 Å². The number of hydrogen-bond acceptors (Lipinski definition) is 1. The van der Waals surface area contributed by atoms with Crippen LogP contribution in [0.4, 0.5) is 5.69 Å². The highest BCUT2D eigenvalue weighted by Crippen LogP contribution is 2.26. The van der Waals surface area contributed by atoms with Gasteiger partial charge in [-0.05, 0) is 66.8 Å². The molecule has 1 aliphatic carbocycles. The van der Waals surface area contributed by atoms with Crippen molar-refractivity contribution in [3.05, 3.63) is 62.5 Å². The molecule has 1 N–H and O–H groups in total. The standard InChI is InChI=1S/C16H15Br2N/c17-13-4-7-15(8-5-13)19-16-6-2-11-9-14(18)3-1-12(11)10-16/h1,3-5,7-9,16,19H,2,6,10H2. The third-order valence-electron chi connectivity index (χ3n) is 3.61. The summed E-state index contributed by atoms with van der Waals surface area (Å²) in [6, 6.07) is 15.6. The zero-order valence-corrected chi connectivity index (χ0v) is 13.7. The fourth-order valence-corrected chi connectivity index (χ4v) is 3.30. The summed E-state index contributed by atoms with van der Waals surface area (Å²) in [5.74, 6) is 0. The van der Waals surface area contributed by atoms with E-state index in [0.717, 1.165) is 17.3 Å². The predicted octanol–water partition coefficient (Wildman–Crippen LogP) is 5.18. The maximum absolute atomic E-state index is 3.63. The molecule has 0 fully saturated rings. The number of nitrogens with one attached hydrogen (secondary N) is 1. The van der Waals surface area contributed by atoms with Gasteiger partial charge in [0.05, 0.1) is 0 Å². The first-order valence-corrected chi connectivity index (χ1v) is 8.09. The Morgan fingerprint density at radius 2 is 1.63 bits per heavy atom. The quantitative estimate of drug-likeness (QED) is 0.756. The van der Waals surface area contributed by atoms with Crippen molar-refractivity contribution in [3.63, 3.8) is 0 Å². The minimum atomic E-state index is 0.537. The predicted molar refractivity (Wildman–Crippen MR) is 87.7 cm³/mol. The zero-order chi connectivity index (χ0) is 13.2. The van der Waals surface area contributed by atoms with Gasteiger partial charge in [0.25, 0.3) is 0 Å². The van der Waals surface area contributed by atoms with E-state index < -0.39 is 0 Å². The first-order chi connectivity index (χ1) is 9.20. The molecule has 98 valence electrons. The number of rotatable bonds is 2. The SMILES string of the molecule is Brc1ccc(NC2CCc3cc(Br)ccc3C2)cc1. The van der Waals surface area contributed by atoms with Crippen LogP contribution >= 0.6 is 31.9 Å². The van der Waals surface area contributed by atoms with Gasteiger partial charge in [-0.25, -0.2) is 0 Å². The van der Waals surface area contributed by atoms with E-state index in [0.29, 0.717) is 6.04 Å². The van der Waals surface area contributed by atoms with E-state index in [-0.39, 0.29) is 0 Å². The summed E-state index contributed by atoms with van der Waals surface area (Å²) in [5.41, 5.74) is 4.17. The maximum Gasteiger partial charge on any atom is 0.0343 e. The largest absolute Gasteiger partial charge is 0.382 e.